The number of hydrogen-bond acceptors (Lipinski definition) is 3. The maximum absolute atomic E-state index is 11.6. The van der Waals surface area contributed by atoms with Gasteiger partial charge >= 0.3 is 6.09 Å². The zero-order valence-corrected chi connectivity index (χ0v) is 9.56. The van der Waals surface area contributed by atoms with Gasteiger partial charge in [0.25, 0.3) is 0 Å². The van der Waals surface area contributed by atoms with Gasteiger partial charge in [0.15, 0.2) is 0 Å². The third-order valence-electron chi connectivity index (χ3n) is 2.62. The van der Waals surface area contributed by atoms with Gasteiger partial charge < -0.3 is 10.1 Å². The molecule has 1 aromatic rings. The first-order valence-corrected chi connectivity index (χ1v) is 5.40. The summed E-state index contributed by atoms with van der Waals surface area (Å²) in [4.78, 5) is 13.3. The second-order valence-electron chi connectivity index (χ2n) is 4.01. The summed E-state index contributed by atoms with van der Waals surface area (Å²) in [5, 5.41) is 3.01. The molecular formula is C12H16N2O2. The maximum atomic E-state index is 11.6. The SMILES string of the molecule is CNCC1CN(c2cccc(C)c2)C(=O)O1. The number of hydrogen-bond donors (Lipinski definition) is 1. The summed E-state index contributed by atoms with van der Waals surface area (Å²) in [6.45, 7) is 3.31. The number of carbonyl (C=O) groups is 1. The normalized spacial score (nSPS) is 20.0. The molecule has 1 fully saturated rings. The Morgan fingerprint density at radius 3 is 3.06 bits per heavy atom. The van der Waals surface area contributed by atoms with E-state index in [4.69, 9.17) is 4.74 Å². The molecule has 1 unspecified atom stereocenters. The Hall–Kier alpha value is -1.55. The average Bonchev–Trinajstić information content (AvgIpc) is 2.60. The van der Waals surface area contributed by atoms with Crippen molar-refractivity contribution < 1.29 is 9.53 Å². The number of carbonyl (C=O) groups excluding carboxylic acids is 1. The third-order valence-corrected chi connectivity index (χ3v) is 2.62. The molecule has 1 heterocycles. The highest BCUT2D eigenvalue weighted by Crippen LogP contribution is 2.22. The van der Waals surface area contributed by atoms with Crippen LogP contribution in [0.5, 0.6) is 0 Å². The summed E-state index contributed by atoms with van der Waals surface area (Å²) in [6.07, 6.45) is -0.316. The van der Waals surface area contributed by atoms with E-state index in [0.717, 1.165) is 11.3 Å². The van der Waals surface area contributed by atoms with Gasteiger partial charge in [-0.2, -0.15) is 0 Å². The Balaban J connectivity index is 2.13. The van der Waals surface area contributed by atoms with E-state index in [9.17, 15) is 4.79 Å². The van der Waals surface area contributed by atoms with Crippen LogP contribution in [0.4, 0.5) is 10.5 Å². The third kappa shape index (κ3) is 2.17. The first-order chi connectivity index (χ1) is 7.70. The van der Waals surface area contributed by atoms with Crippen molar-refractivity contribution in [2.24, 2.45) is 0 Å². The molecule has 1 saturated heterocycles. The van der Waals surface area contributed by atoms with Gasteiger partial charge in [-0.3, -0.25) is 4.90 Å². The molecule has 16 heavy (non-hydrogen) atoms. The van der Waals surface area contributed by atoms with Crippen molar-refractivity contribution in [1.82, 2.24) is 5.32 Å². The second-order valence-corrected chi connectivity index (χ2v) is 4.01. The van der Waals surface area contributed by atoms with Gasteiger partial charge in [0.1, 0.15) is 6.10 Å². The molecule has 1 N–H and O–H groups in total. The van der Waals surface area contributed by atoms with E-state index in [2.05, 4.69) is 5.32 Å². The molecule has 0 spiro atoms. The molecule has 2 rings (SSSR count). The van der Waals surface area contributed by atoms with Crippen LogP contribution in [0.15, 0.2) is 24.3 Å². The van der Waals surface area contributed by atoms with Crippen molar-refractivity contribution in [2.75, 3.05) is 25.0 Å². The number of rotatable bonds is 3. The molecule has 1 aromatic carbocycles. The molecule has 0 saturated carbocycles. The lowest BCUT2D eigenvalue weighted by atomic mass is 10.2. The fourth-order valence-electron chi connectivity index (χ4n) is 1.86. The summed E-state index contributed by atoms with van der Waals surface area (Å²) in [7, 11) is 1.85. The minimum atomic E-state index is -0.258. The van der Waals surface area contributed by atoms with Gasteiger partial charge in [0.2, 0.25) is 0 Å². The Kier molecular flexibility index (Phi) is 3.10. The Labute approximate surface area is 95.2 Å². The molecule has 0 aliphatic carbocycles. The molecule has 1 atom stereocenters. The number of cyclic esters (lactones) is 1. The van der Waals surface area contributed by atoms with Crippen LogP contribution in [0.1, 0.15) is 5.56 Å². The van der Waals surface area contributed by atoms with E-state index in [1.807, 2.05) is 38.2 Å². The maximum Gasteiger partial charge on any atom is 0.414 e. The monoisotopic (exact) mass is 220 g/mol. The first kappa shape index (κ1) is 11.0. The summed E-state index contributed by atoms with van der Waals surface area (Å²) in [5.74, 6) is 0. The highest BCUT2D eigenvalue weighted by molar-refractivity contribution is 5.89. The zero-order chi connectivity index (χ0) is 11.5. The summed E-state index contributed by atoms with van der Waals surface area (Å²) < 4.78 is 5.23. The number of nitrogens with one attached hydrogen (secondary N) is 1. The van der Waals surface area contributed by atoms with Crippen LogP contribution in [0.2, 0.25) is 0 Å². The molecule has 1 aliphatic heterocycles. The number of nitrogens with zero attached hydrogens (tertiary/aromatic N) is 1. The Bertz CT molecular complexity index is 392. The van der Waals surface area contributed by atoms with Gasteiger partial charge in [-0.1, -0.05) is 12.1 Å². The largest absolute Gasteiger partial charge is 0.443 e. The Morgan fingerprint density at radius 1 is 1.56 bits per heavy atom. The smallest absolute Gasteiger partial charge is 0.414 e. The van der Waals surface area contributed by atoms with Gasteiger partial charge in [0, 0.05) is 12.2 Å². The number of benzene rings is 1. The first-order valence-electron chi connectivity index (χ1n) is 5.40. The van der Waals surface area contributed by atoms with E-state index < -0.39 is 0 Å². The van der Waals surface area contributed by atoms with E-state index in [-0.39, 0.29) is 12.2 Å². The quantitative estimate of drug-likeness (QED) is 0.840. The van der Waals surface area contributed by atoms with Crippen LogP contribution in [0.25, 0.3) is 0 Å². The fraction of sp³-hybridized carbons (Fsp3) is 0.417. The molecule has 4 nitrogen and oxygen atoms in total. The van der Waals surface area contributed by atoms with Gasteiger partial charge in [-0.15, -0.1) is 0 Å². The topological polar surface area (TPSA) is 41.6 Å². The predicted octanol–water partition coefficient (Wildman–Crippen LogP) is 1.54. The standard InChI is InChI=1S/C12H16N2O2/c1-9-4-3-5-10(6-9)14-8-11(7-13-2)16-12(14)15/h3-6,11,13H,7-8H2,1-2H3. The van der Waals surface area contributed by atoms with E-state index in [0.29, 0.717) is 13.1 Å². The number of ether oxygens (including phenoxy) is 1. The number of anilines is 1. The van der Waals surface area contributed by atoms with Crippen LogP contribution >= 0.6 is 0 Å². The number of likely N-dealkylation sites (N-methyl/N-ethyl adjacent to an activating group) is 1. The Morgan fingerprint density at radius 2 is 2.38 bits per heavy atom. The molecule has 86 valence electrons. The lowest BCUT2D eigenvalue weighted by Crippen LogP contribution is -2.29. The minimum absolute atomic E-state index is 0.0574. The van der Waals surface area contributed by atoms with Crippen molar-refractivity contribution >= 4 is 11.8 Å². The van der Waals surface area contributed by atoms with Gasteiger partial charge in [0.05, 0.1) is 6.54 Å². The zero-order valence-electron chi connectivity index (χ0n) is 9.56. The number of aryl methyl sites for hydroxylation is 1. The van der Waals surface area contributed by atoms with Crippen molar-refractivity contribution in [2.45, 2.75) is 13.0 Å². The van der Waals surface area contributed by atoms with E-state index in [1.165, 1.54) is 0 Å². The van der Waals surface area contributed by atoms with Crippen LogP contribution in [-0.4, -0.2) is 32.3 Å². The average molecular weight is 220 g/mol. The molecule has 4 heteroatoms. The van der Waals surface area contributed by atoms with E-state index in [1.54, 1.807) is 4.90 Å². The van der Waals surface area contributed by atoms with Crippen molar-refractivity contribution in [3.8, 4) is 0 Å². The van der Waals surface area contributed by atoms with Crippen LogP contribution < -0.4 is 10.2 Å². The van der Waals surface area contributed by atoms with Crippen LogP contribution in [0, 0.1) is 6.92 Å². The number of amides is 1. The van der Waals surface area contributed by atoms with Gasteiger partial charge in [-0.25, -0.2) is 4.79 Å². The fourth-order valence-corrected chi connectivity index (χ4v) is 1.86. The minimum Gasteiger partial charge on any atom is -0.443 e. The summed E-state index contributed by atoms with van der Waals surface area (Å²) in [6, 6.07) is 7.87. The lowest BCUT2D eigenvalue weighted by Gasteiger charge is -2.13. The molecule has 0 aromatic heterocycles. The predicted molar refractivity (Wildman–Crippen MR) is 62.7 cm³/mol. The molecular weight excluding hydrogens is 204 g/mol. The highest BCUT2D eigenvalue weighted by Gasteiger charge is 2.31. The van der Waals surface area contributed by atoms with Crippen molar-refractivity contribution in [3.63, 3.8) is 0 Å². The summed E-state index contributed by atoms with van der Waals surface area (Å²) in [5.41, 5.74) is 2.05. The molecule has 0 bridgehead atoms. The molecule has 0 radical (unpaired) electrons. The van der Waals surface area contributed by atoms with E-state index >= 15 is 0 Å². The van der Waals surface area contributed by atoms with Gasteiger partial charge in [-0.05, 0) is 31.7 Å². The second kappa shape index (κ2) is 4.53. The van der Waals surface area contributed by atoms with Crippen molar-refractivity contribution in [3.05, 3.63) is 29.8 Å². The van der Waals surface area contributed by atoms with Crippen LogP contribution in [-0.2, 0) is 4.74 Å². The lowest BCUT2D eigenvalue weighted by molar-refractivity contribution is 0.141. The van der Waals surface area contributed by atoms with Crippen LogP contribution in [0.3, 0.4) is 0 Å². The summed E-state index contributed by atoms with van der Waals surface area (Å²) >= 11 is 0. The molecule has 1 aliphatic rings. The molecule has 1 amide bonds. The van der Waals surface area contributed by atoms with Crippen molar-refractivity contribution in [1.29, 1.82) is 0 Å². The highest BCUT2D eigenvalue weighted by atomic mass is 16.6.